The van der Waals surface area contributed by atoms with E-state index in [9.17, 15) is 13.6 Å². The van der Waals surface area contributed by atoms with Crippen molar-refractivity contribution in [3.63, 3.8) is 0 Å². The summed E-state index contributed by atoms with van der Waals surface area (Å²) in [5.74, 6) is -1.15. The Bertz CT molecular complexity index is 1130. The van der Waals surface area contributed by atoms with Gasteiger partial charge < -0.3 is 9.64 Å². The van der Waals surface area contributed by atoms with Crippen molar-refractivity contribution in [1.29, 1.82) is 0 Å². The molecule has 4 rings (SSSR count). The van der Waals surface area contributed by atoms with E-state index in [2.05, 4.69) is 0 Å². The fourth-order valence-electron chi connectivity index (χ4n) is 3.53. The molecule has 0 aliphatic carbocycles. The molecule has 1 fully saturated rings. The molecule has 4 nitrogen and oxygen atoms in total. The van der Waals surface area contributed by atoms with Gasteiger partial charge in [0.05, 0.1) is 5.69 Å². The molecule has 0 atom stereocenters. The Morgan fingerprint density at radius 2 is 1.65 bits per heavy atom. The first-order valence-corrected chi connectivity index (χ1v) is 10.1. The van der Waals surface area contributed by atoms with E-state index in [1.807, 2.05) is 30.3 Å². The van der Waals surface area contributed by atoms with Crippen LogP contribution in [0.1, 0.15) is 19.4 Å². The Balaban J connectivity index is 1.59. The molecule has 1 aliphatic heterocycles. The lowest BCUT2D eigenvalue weighted by atomic mass is 10.0. The van der Waals surface area contributed by atoms with Crippen molar-refractivity contribution >= 4 is 34.6 Å². The largest absolute Gasteiger partial charge is 0.489 e. The van der Waals surface area contributed by atoms with Crippen LogP contribution < -0.4 is 14.5 Å². The highest BCUT2D eigenvalue weighted by molar-refractivity contribution is 7.81. The fraction of sp³-hybridized carbons (Fsp3) is 0.167. The number of carbonyl (C=O) groups excluding carboxylic acids is 1. The summed E-state index contributed by atoms with van der Waals surface area (Å²) in [6, 6.07) is 19.9. The maximum Gasteiger partial charge on any atom is 0.259 e. The van der Waals surface area contributed by atoms with Gasteiger partial charge in [-0.15, -0.1) is 0 Å². The van der Waals surface area contributed by atoms with Gasteiger partial charge in [0.1, 0.15) is 29.5 Å². The molecule has 31 heavy (non-hydrogen) atoms. The lowest BCUT2D eigenvalue weighted by Gasteiger charge is -2.29. The van der Waals surface area contributed by atoms with Gasteiger partial charge in [-0.3, -0.25) is 9.69 Å². The first-order valence-electron chi connectivity index (χ1n) is 9.69. The monoisotopic (exact) mass is 438 g/mol. The molecular formula is C24H20F2N2O2S. The minimum Gasteiger partial charge on any atom is -0.489 e. The van der Waals surface area contributed by atoms with Crippen LogP contribution in [0, 0.1) is 11.6 Å². The Hall–Kier alpha value is -3.32. The number of carbonyl (C=O) groups is 1. The van der Waals surface area contributed by atoms with Crippen LogP contribution in [-0.2, 0) is 11.4 Å². The Morgan fingerprint density at radius 3 is 2.32 bits per heavy atom. The minimum atomic E-state index is -1.08. The average Bonchev–Trinajstić information content (AvgIpc) is 2.93. The molecule has 3 aromatic carbocycles. The molecule has 7 heteroatoms. The van der Waals surface area contributed by atoms with Crippen molar-refractivity contribution in [2.45, 2.75) is 26.0 Å². The molecule has 0 radical (unpaired) electrons. The second-order valence-corrected chi connectivity index (χ2v) is 8.05. The minimum absolute atomic E-state index is 0.0810. The molecule has 0 saturated carbocycles. The van der Waals surface area contributed by atoms with Crippen LogP contribution in [0.25, 0.3) is 0 Å². The number of nitrogens with zero attached hydrogens (tertiary/aromatic N) is 2. The van der Waals surface area contributed by atoms with Gasteiger partial charge in [-0.2, -0.15) is 0 Å². The predicted octanol–water partition coefficient (Wildman–Crippen LogP) is 5.46. The van der Waals surface area contributed by atoms with Gasteiger partial charge in [0, 0.05) is 11.8 Å². The summed E-state index contributed by atoms with van der Waals surface area (Å²) in [6.07, 6.45) is 0. The third-order valence-corrected chi connectivity index (χ3v) is 5.53. The van der Waals surface area contributed by atoms with E-state index in [1.165, 1.54) is 0 Å². The summed E-state index contributed by atoms with van der Waals surface area (Å²) < 4.78 is 33.9. The molecule has 3 aromatic rings. The summed E-state index contributed by atoms with van der Waals surface area (Å²) in [5.41, 5.74) is 0.414. The van der Waals surface area contributed by atoms with Gasteiger partial charge in [-0.05, 0) is 68.0 Å². The highest BCUT2D eigenvalue weighted by atomic mass is 32.1. The summed E-state index contributed by atoms with van der Waals surface area (Å²) in [5, 5.41) is 0.0810. The maximum atomic E-state index is 14.4. The molecular weight excluding hydrogens is 418 g/mol. The van der Waals surface area contributed by atoms with Crippen molar-refractivity contribution in [3.05, 3.63) is 90.0 Å². The summed E-state index contributed by atoms with van der Waals surface area (Å²) >= 11 is 5.51. The molecule has 0 bridgehead atoms. The molecule has 0 unspecified atom stereocenters. The predicted molar refractivity (Wildman–Crippen MR) is 120 cm³/mol. The smallest absolute Gasteiger partial charge is 0.259 e. The molecule has 0 aromatic heterocycles. The quantitative estimate of drug-likeness (QED) is 0.495. The summed E-state index contributed by atoms with van der Waals surface area (Å²) in [4.78, 5) is 15.8. The van der Waals surface area contributed by atoms with Crippen molar-refractivity contribution < 1.29 is 18.3 Å². The third-order valence-electron chi connectivity index (χ3n) is 5.16. The number of thiocarbonyl (C=S) groups is 1. The van der Waals surface area contributed by atoms with Crippen molar-refractivity contribution in [3.8, 4) is 5.75 Å². The SMILES string of the molecule is CC1(C)C(=O)N(c2cc(F)ccc2F)C(=S)N1c1ccc(OCc2ccccc2)cc1. The topological polar surface area (TPSA) is 32.8 Å². The van der Waals surface area contributed by atoms with Crippen LogP contribution in [0.3, 0.4) is 0 Å². The Kier molecular flexibility index (Phi) is 5.45. The van der Waals surface area contributed by atoms with E-state index in [0.717, 1.165) is 28.7 Å². The van der Waals surface area contributed by atoms with Crippen molar-refractivity contribution in [1.82, 2.24) is 0 Å². The zero-order valence-corrected chi connectivity index (χ0v) is 17.8. The van der Waals surface area contributed by atoms with E-state index in [1.54, 1.807) is 43.0 Å². The molecule has 1 amide bonds. The number of halogens is 2. The normalized spacial score (nSPS) is 15.5. The highest BCUT2D eigenvalue weighted by Gasteiger charge is 2.50. The van der Waals surface area contributed by atoms with Gasteiger partial charge in [0.25, 0.3) is 5.91 Å². The van der Waals surface area contributed by atoms with Gasteiger partial charge >= 0.3 is 0 Å². The standard InChI is InChI=1S/C24H20F2N2O2S/c1-24(2)22(29)27(21-14-17(25)8-13-20(21)26)23(31)28(24)18-9-11-19(12-10-18)30-15-16-6-4-3-5-7-16/h3-14H,15H2,1-2H3. The van der Waals surface area contributed by atoms with Crippen LogP contribution in [-0.4, -0.2) is 16.6 Å². The average molecular weight is 438 g/mol. The second-order valence-electron chi connectivity index (χ2n) is 7.68. The molecule has 158 valence electrons. The van der Waals surface area contributed by atoms with Gasteiger partial charge in [0.2, 0.25) is 0 Å². The Labute approximate surface area is 184 Å². The first-order chi connectivity index (χ1) is 14.8. The number of rotatable bonds is 5. The van der Waals surface area contributed by atoms with Crippen LogP contribution in [0.15, 0.2) is 72.8 Å². The molecule has 1 heterocycles. The lowest BCUT2D eigenvalue weighted by Crippen LogP contribution is -2.44. The Morgan fingerprint density at radius 1 is 0.968 bits per heavy atom. The fourth-order valence-corrected chi connectivity index (χ4v) is 4.05. The summed E-state index contributed by atoms with van der Waals surface area (Å²) in [7, 11) is 0. The van der Waals surface area contributed by atoms with Crippen molar-refractivity contribution in [2.75, 3.05) is 9.80 Å². The van der Waals surface area contributed by atoms with E-state index in [0.29, 0.717) is 18.0 Å². The first kappa shape index (κ1) is 20.9. The molecule has 0 N–H and O–H groups in total. The van der Waals surface area contributed by atoms with Crippen molar-refractivity contribution in [2.24, 2.45) is 0 Å². The molecule has 0 spiro atoms. The zero-order valence-electron chi connectivity index (χ0n) is 17.0. The van der Waals surface area contributed by atoms with Crippen LogP contribution >= 0.6 is 12.2 Å². The van der Waals surface area contributed by atoms with Gasteiger partial charge in [-0.25, -0.2) is 8.78 Å². The highest BCUT2D eigenvalue weighted by Crippen LogP contribution is 2.37. The van der Waals surface area contributed by atoms with E-state index >= 15 is 0 Å². The molecule has 1 saturated heterocycles. The van der Waals surface area contributed by atoms with Gasteiger partial charge in [0.15, 0.2) is 5.11 Å². The number of ether oxygens (including phenoxy) is 1. The lowest BCUT2D eigenvalue weighted by molar-refractivity contribution is -0.120. The maximum absolute atomic E-state index is 14.4. The zero-order chi connectivity index (χ0) is 22.2. The van der Waals surface area contributed by atoms with E-state index < -0.39 is 23.1 Å². The van der Waals surface area contributed by atoms with E-state index in [-0.39, 0.29) is 10.8 Å². The van der Waals surface area contributed by atoms with E-state index in [4.69, 9.17) is 17.0 Å². The van der Waals surface area contributed by atoms with Crippen LogP contribution in [0.5, 0.6) is 5.75 Å². The van der Waals surface area contributed by atoms with Gasteiger partial charge in [-0.1, -0.05) is 30.3 Å². The van der Waals surface area contributed by atoms with Crippen LogP contribution in [0.4, 0.5) is 20.2 Å². The summed E-state index contributed by atoms with van der Waals surface area (Å²) in [6.45, 7) is 3.82. The second kappa shape index (κ2) is 8.07. The number of benzene rings is 3. The number of amides is 1. The van der Waals surface area contributed by atoms with Crippen LogP contribution in [0.2, 0.25) is 0 Å². The number of hydrogen-bond donors (Lipinski definition) is 0. The number of anilines is 2. The third kappa shape index (κ3) is 3.88. The number of hydrogen-bond acceptors (Lipinski definition) is 3. The molecule has 1 aliphatic rings.